The third-order valence-corrected chi connectivity index (χ3v) is 3.53. The van der Waals surface area contributed by atoms with Gasteiger partial charge in [0.05, 0.1) is 6.61 Å². The maximum absolute atomic E-state index is 12.1. The summed E-state index contributed by atoms with van der Waals surface area (Å²) in [4.78, 5) is 27.2. The van der Waals surface area contributed by atoms with E-state index < -0.39 is 6.04 Å². The number of amides is 2. The Labute approximate surface area is 119 Å². The van der Waals surface area contributed by atoms with E-state index in [-0.39, 0.29) is 18.4 Å². The molecule has 1 saturated heterocycles. The van der Waals surface area contributed by atoms with Gasteiger partial charge in [-0.05, 0) is 12.5 Å². The van der Waals surface area contributed by atoms with Gasteiger partial charge >= 0.3 is 0 Å². The summed E-state index contributed by atoms with van der Waals surface area (Å²) >= 11 is 0. The van der Waals surface area contributed by atoms with Gasteiger partial charge in [0, 0.05) is 20.1 Å². The minimum atomic E-state index is -0.401. The van der Waals surface area contributed by atoms with Crippen molar-refractivity contribution < 1.29 is 14.3 Å². The molecule has 0 aliphatic carbocycles. The molecule has 1 aromatic rings. The van der Waals surface area contributed by atoms with Crippen molar-refractivity contribution in [3.63, 3.8) is 0 Å². The number of carbonyl (C=O) groups excluding carboxylic acids is 2. The lowest BCUT2D eigenvalue weighted by molar-refractivity contribution is -0.152. The molecule has 5 nitrogen and oxygen atoms in total. The minimum Gasteiger partial charge on any atom is -0.367 e. The van der Waals surface area contributed by atoms with Crippen LogP contribution in [0.3, 0.4) is 0 Å². The Balaban J connectivity index is 1.81. The van der Waals surface area contributed by atoms with Crippen LogP contribution >= 0.6 is 0 Å². The number of benzene rings is 1. The normalized spacial score (nSPS) is 19.3. The van der Waals surface area contributed by atoms with Crippen LogP contribution in [0.25, 0.3) is 0 Å². The van der Waals surface area contributed by atoms with Crippen molar-refractivity contribution in [3.8, 4) is 0 Å². The summed E-state index contributed by atoms with van der Waals surface area (Å²) < 4.78 is 5.43. The largest absolute Gasteiger partial charge is 0.367 e. The van der Waals surface area contributed by atoms with Crippen molar-refractivity contribution in [2.75, 3.05) is 26.7 Å². The number of hydrogen-bond acceptors (Lipinski definition) is 3. The molecule has 20 heavy (non-hydrogen) atoms. The van der Waals surface area contributed by atoms with E-state index in [0.717, 1.165) is 5.56 Å². The number of likely N-dealkylation sites (N-methyl/N-ethyl adjacent to an activating group) is 1. The average molecular weight is 276 g/mol. The molecule has 0 unspecified atom stereocenters. The van der Waals surface area contributed by atoms with Crippen LogP contribution in [-0.4, -0.2) is 54.4 Å². The molecule has 2 rings (SSSR count). The Morgan fingerprint density at radius 3 is 2.70 bits per heavy atom. The second-order valence-electron chi connectivity index (χ2n) is 5.00. The van der Waals surface area contributed by atoms with Gasteiger partial charge in [-0.2, -0.15) is 0 Å². The van der Waals surface area contributed by atoms with Crippen LogP contribution in [0.4, 0.5) is 0 Å². The highest BCUT2D eigenvalue weighted by molar-refractivity contribution is 5.88. The highest BCUT2D eigenvalue weighted by Crippen LogP contribution is 2.10. The molecule has 5 heteroatoms. The lowest BCUT2D eigenvalue weighted by Gasteiger charge is -2.37. The summed E-state index contributed by atoms with van der Waals surface area (Å²) in [6, 6.07) is 9.30. The number of rotatable bonds is 4. The lowest BCUT2D eigenvalue weighted by Crippen LogP contribution is -2.57. The van der Waals surface area contributed by atoms with Crippen molar-refractivity contribution in [3.05, 3.63) is 35.9 Å². The van der Waals surface area contributed by atoms with Crippen LogP contribution in [0.15, 0.2) is 30.3 Å². The molecule has 1 fully saturated rings. The summed E-state index contributed by atoms with van der Waals surface area (Å²) in [6.45, 7) is 3.32. The Morgan fingerprint density at radius 2 is 2.00 bits per heavy atom. The second-order valence-corrected chi connectivity index (χ2v) is 5.00. The predicted octanol–water partition coefficient (Wildman–Crippen LogP) is 0.892. The Bertz CT molecular complexity index is 475. The van der Waals surface area contributed by atoms with E-state index in [4.69, 9.17) is 4.74 Å². The molecule has 0 N–H and O–H groups in total. The molecule has 0 bridgehead atoms. The molecular formula is C15H20N2O3. The Morgan fingerprint density at radius 1 is 1.30 bits per heavy atom. The van der Waals surface area contributed by atoms with Gasteiger partial charge in [-0.1, -0.05) is 30.3 Å². The monoisotopic (exact) mass is 276 g/mol. The molecular weight excluding hydrogens is 256 g/mol. The number of ether oxygens (including phenoxy) is 1. The van der Waals surface area contributed by atoms with Crippen LogP contribution in [0.5, 0.6) is 0 Å². The first-order valence-corrected chi connectivity index (χ1v) is 6.75. The maximum atomic E-state index is 12.1. The highest BCUT2D eigenvalue weighted by Gasteiger charge is 2.32. The van der Waals surface area contributed by atoms with Crippen molar-refractivity contribution in [1.82, 2.24) is 9.80 Å². The van der Waals surface area contributed by atoms with Gasteiger partial charge < -0.3 is 14.5 Å². The minimum absolute atomic E-state index is 0.0101. The van der Waals surface area contributed by atoms with Gasteiger partial charge in [0.1, 0.15) is 12.6 Å². The van der Waals surface area contributed by atoms with Crippen molar-refractivity contribution >= 4 is 11.8 Å². The van der Waals surface area contributed by atoms with Gasteiger partial charge in [-0.15, -0.1) is 0 Å². The average Bonchev–Trinajstić information content (AvgIpc) is 2.46. The summed E-state index contributed by atoms with van der Waals surface area (Å²) in [5.41, 5.74) is 1.03. The van der Waals surface area contributed by atoms with Crippen LogP contribution in [-0.2, 0) is 20.9 Å². The molecule has 0 spiro atoms. The van der Waals surface area contributed by atoms with E-state index in [1.54, 1.807) is 23.8 Å². The summed E-state index contributed by atoms with van der Waals surface area (Å²) in [7, 11) is 1.76. The Hall–Kier alpha value is -1.88. The molecule has 108 valence electrons. The van der Waals surface area contributed by atoms with Gasteiger partial charge in [0.2, 0.25) is 11.8 Å². The van der Waals surface area contributed by atoms with Crippen molar-refractivity contribution in [2.45, 2.75) is 19.6 Å². The zero-order valence-electron chi connectivity index (χ0n) is 11.9. The first-order chi connectivity index (χ1) is 9.59. The van der Waals surface area contributed by atoms with Crippen LogP contribution in [0.1, 0.15) is 12.5 Å². The van der Waals surface area contributed by atoms with Gasteiger partial charge in [0.15, 0.2) is 0 Å². The maximum Gasteiger partial charge on any atom is 0.249 e. The highest BCUT2D eigenvalue weighted by atomic mass is 16.5. The molecule has 1 aromatic carbocycles. The molecule has 0 saturated carbocycles. The van der Waals surface area contributed by atoms with E-state index in [9.17, 15) is 9.59 Å². The zero-order valence-corrected chi connectivity index (χ0v) is 11.9. The number of nitrogens with zero attached hydrogens (tertiary/aromatic N) is 2. The lowest BCUT2D eigenvalue weighted by atomic mass is 10.2. The van der Waals surface area contributed by atoms with Gasteiger partial charge in [-0.3, -0.25) is 9.59 Å². The van der Waals surface area contributed by atoms with E-state index in [1.807, 2.05) is 30.3 Å². The zero-order chi connectivity index (χ0) is 14.5. The second kappa shape index (κ2) is 6.52. The third kappa shape index (κ3) is 3.36. The van der Waals surface area contributed by atoms with E-state index in [2.05, 4.69) is 0 Å². The van der Waals surface area contributed by atoms with Crippen molar-refractivity contribution in [2.24, 2.45) is 0 Å². The molecule has 0 radical (unpaired) electrons. The quantitative estimate of drug-likeness (QED) is 0.820. The van der Waals surface area contributed by atoms with Crippen LogP contribution in [0, 0.1) is 0 Å². The van der Waals surface area contributed by atoms with E-state index in [1.165, 1.54) is 0 Å². The smallest absolute Gasteiger partial charge is 0.249 e. The van der Waals surface area contributed by atoms with Crippen molar-refractivity contribution in [1.29, 1.82) is 0 Å². The summed E-state index contributed by atoms with van der Waals surface area (Å²) in [5, 5.41) is 0. The molecule has 0 aromatic heterocycles. The molecule has 1 aliphatic heterocycles. The fourth-order valence-electron chi connectivity index (χ4n) is 2.27. The first kappa shape index (κ1) is 14.5. The Kier molecular flexibility index (Phi) is 4.74. The molecule has 1 atom stereocenters. The van der Waals surface area contributed by atoms with Gasteiger partial charge in [-0.25, -0.2) is 0 Å². The SMILES string of the molecule is C[C@@H]1C(=O)N(C)CCN1C(=O)COCc1ccccc1. The standard InChI is InChI=1S/C15H20N2O3/c1-12-15(19)16(2)8-9-17(12)14(18)11-20-10-13-6-4-3-5-7-13/h3-7,12H,8-11H2,1-2H3/t12-/m1/s1. The fraction of sp³-hybridized carbons (Fsp3) is 0.467. The number of piperazine rings is 1. The van der Waals surface area contributed by atoms with Gasteiger partial charge in [0.25, 0.3) is 0 Å². The molecule has 1 heterocycles. The first-order valence-electron chi connectivity index (χ1n) is 6.75. The molecule has 2 amide bonds. The summed E-state index contributed by atoms with van der Waals surface area (Å²) in [5.74, 6) is -0.150. The van der Waals surface area contributed by atoms with Crippen LogP contribution in [0.2, 0.25) is 0 Å². The molecule has 1 aliphatic rings. The third-order valence-electron chi connectivity index (χ3n) is 3.53. The fourth-order valence-corrected chi connectivity index (χ4v) is 2.27. The number of hydrogen-bond donors (Lipinski definition) is 0. The topological polar surface area (TPSA) is 49.9 Å². The predicted molar refractivity (Wildman–Crippen MR) is 74.9 cm³/mol. The van der Waals surface area contributed by atoms with Crippen LogP contribution < -0.4 is 0 Å². The van der Waals surface area contributed by atoms with E-state index >= 15 is 0 Å². The van der Waals surface area contributed by atoms with E-state index in [0.29, 0.717) is 19.7 Å². The number of carbonyl (C=O) groups is 2. The summed E-state index contributed by atoms with van der Waals surface area (Å²) in [6.07, 6.45) is 0.